The molecule has 1 aliphatic rings. The van der Waals surface area contributed by atoms with Gasteiger partial charge in [0.05, 0.1) is 0 Å². The first-order valence-corrected chi connectivity index (χ1v) is 5.08. The van der Waals surface area contributed by atoms with E-state index in [9.17, 15) is 8.78 Å². The highest BCUT2D eigenvalue weighted by molar-refractivity contribution is 5.44. The fraction of sp³-hybridized carbons (Fsp3) is 0.455. The third-order valence-corrected chi connectivity index (χ3v) is 2.39. The Kier molecular flexibility index (Phi) is 3.24. The van der Waals surface area contributed by atoms with Crippen LogP contribution in [0.4, 0.5) is 8.78 Å². The summed E-state index contributed by atoms with van der Waals surface area (Å²) >= 11 is 0. The van der Waals surface area contributed by atoms with Gasteiger partial charge in [0.15, 0.2) is 11.5 Å². The van der Waals surface area contributed by atoms with Gasteiger partial charge in [0.1, 0.15) is 0 Å². The highest BCUT2D eigenvalue weighted by atomic mass is 19.3. The summed E-state index contributed by atoms with van der Waals surface area (Å²) in [6.45, 7) is -0.538. The molecule has 0 radical (unpaired) electrons. The van der Waals surface area contributed by atoms with E-state index < -0.39 is 6.55 Å². The normalized spacial score (nSPS) is 15.5. The van der Waals surface area contributed by atoms with Crippen LogP contribution in [-0.4, -0.2) is 19.4 Å². The Bertz CT molecular complexity index is 371. The second kappa shape index (κ2) is 4.65. The van der Waals surface area contributed by atoms with Crippen molar-refractivity contribution in [3.8, 4) is 11.5 Å². The molecular formula is C11H13F2NO2. The lowest BCUT2D eigenvalue weighted by Gasteiger charge is -2.13. The van der Waals surface area contributed by atoms with E-state index in [1.807, 2.05) is 12.1 Å². The lowest BCUT2D eigenvalue weighted by molar-refractivity contribution is 0.0952. The van der Waals surface area contributed by atoms with Crippen LogP contribution in [0.1, 0.15) is 12.5 Å². The molecule has 0 bridgehead atoms. The number of hydrogen-bond donors (Lipinski definition) is 1. The van der Waals surface area contributed by atoms with Gasteiger partial charge >= 0.3 is 0 Å². The van der Waals surface area contributed by atoms with Crippen molar-refractivity contribution in [2.45, 2.75) is 25.9 Å². The molecule has 1 aromatic carbocycles. The largest absolute Gasteiger partial charge is 0.454 e. The summed E-state index contributed by atoms with van der Waals surface area (Å²) in [6, 6.07) is 5.20. The molecule has 1 unspecified atom stereocenters. The SMILES string of the molecule is CC(Cc1ccc2c(c1)OCO2)NC(F)F. The summed E-state index contributed by atoms with van der Waals surface area (Å²) in [5, 5.41) is 2.15. The second-order valence-corrected chi connectivity index (χ2v) is 3.76. The Balaban J connectivity index is 1.99. The molecule has 1 aromatic rings. The van der Waals surface area contributed by atoms with E-state index in [1.165, 1.54) is 0 Å². The van der Waals surface area contributed by atoms with Crippen molar-refractivity contribution in [2.24, 2.45) is 0 Å². The van der Waals surface area contributed by atoms with Gasteiger partial charge < -0.3 is 9.47 Å². The molecule has 2 rings (SSSR count). The first kappa shape index (κ1) is 11.1. The lowest BCUT2D eigenvalue weighted by Crippen LogP contribution is -2.32. The average Bonchev–Trinajstić information content (AvgIpc) is 2.63. The van der Waals surface area contributed by atoms with Crippen LogP contribution in [0.5, 0.6) is 11.5 Å². The smallest absolute Gasteiger partial charge is 0.292 e. The summed E-state index contributed by atoms with van der Waals surface area (Å²) in [6.07, 6.45) is 0.529. The van der Waals surface area contributed by atoms with Gasteiger partial charge in [0, 0.05) is 6.04 Å². The van der Waals surface area contributed by atoms with Crippen LogP contribution >= 0.6 is 0 Å². The van der Waals surface area contributed by atoms with Crippen LogP contribution in [0.25, 0.3) is 0 Å². The maximum Gasteiger partial charge on any atom is 0.292 e. The Morgan fingerprint density at radius 1 is 1.31 bits per heavy atom. The minimum atomic E-state index is -2.48. The third kappa shape index (κ3) is 2.61. The molecule has 0 amide bonds. The maximum atomic E-state index is 12.1. The quantitative estimate of drug-likeness (QED) is 0.802. The topological polar surface area (TPSA) is 30.5 Å². The highest BCUT2D eigenvalue weighted by Crippen LogP contribution is 2.32. The zero-order valence-corrected chi connectivity index (χ0v) is 8.87. The first-order valence-electron chi connectivity index (χ1n) is 5.08. The summed E-state index contributed by atoms with van der Waals surface area (Å²) in [4.78, 5) is 0. The number of fused-ring (bicyclic) bond motifs is 1. The minimum absolute atomic E-state index is 0.226. The molecule has 0 aliphatic carbocycles. The molecule has 1 atom stereocenters. The van der Waals surface area contributed by atoms with Gasteiger partial charge in [-0.2, -0.15) is 8.78 Å². The maximum absolute atomic E-state index is 12.1. The molecule has 3 nitrogen and oxygen atoms in total. The van der Waals surface area contributed by atoms with Gasteiger partial charge in [-0.1, -0.05) is 6.07 Å². The van der Waals surface area contributed by atoms with Crippen molar-refractivity contribution in [2.75, 3.05) is 6.79 Å². The van der Waals surface area contributed by atoms with E-state index in [0.29, 0.717) is 17.9 Å². The molecule has 16 heavy (non-hydrogen) atoms. The number of halogens is 2. The van der Waals surface area contributed by atoms with Crippen LogP contribution in [0, 0.1) is 0 Å². The Morgan fingerprint density at radius 2 is 2.06 bits per heavy atom. The molecular weight excluding hydrogens is 216 g/mol. The van der Waals surface area contributed by atoms with Gasteiger partial charge in [0.25, 0.3) is 6.55 Å². The summed E-state index contributed by atoms with van der Waals surface area (Å²) in [5.41, 5.74) is 0.949. The van der Waals surface area contributed by atoms with Crippen molar-refractivity contribution in [3.05, 3.63) is 23.8 Å². The molecule has 1 aliphatic heterocycles. The van der Waals surface area contributed by atoms with E-state index >= 15 is 0 Å². The molecule has 0 saturated carbocycles. The molecule has 5 heteroatoms. The first-order chi connectivity index (χ1) is 7.65. The Hall–Kier alpha value is -1.36. The minimum Gasteiger partial charge on any atom is -0.454 e. The Labute approximate surface area is 92.4 Å². The van der Waals surface area contributed by atoms with Gasteiger partial charge in [-0.25, -0.2) is 0 Å². The molecule has 1 N–H and O–H groups in total. The molecule has 88 valence electrons. The monoisotopic (exact) mass is 229 g/mol. The van der Waals surface area contributed by atoms with Crippen molar-refractivity contribution in [1.82, 2.24) is 5.32 Å². The molecule has 0 aromatic heterocycles. The third-order valence-electron chi connectivity index (χ3n) is 2.39. The summed E-state index contributed by atoms with van der Waals surface area (Å²) < 4.78 is 34.5. The van der Waals surface area contributed by atoms with E-state index in [1.54, 1.807) is 13.0 Å². The zero-order valence-electron chi connectivity index (χ0n) is 8.87. The highest BCUT2D eigenvalue weighted by Gasteiger charge is 2.15. The van der Waals surface area contributed by atoms with Crippen molar-refractivity contribution < 1.29 is 18.3 Å². The van der Waals surface area contributed by atoms with Crippen molar-refractivity contribution >= 4 is 0 Å². The zero-order chi connectivity index (χ0) is 11.5. The fourth-order valence-electron chi connectivity index (χ4n) is 1.70. The van der Waals surface area contributed by atoms with E-state index in [0.717, 1.165) is 5.56 Å². The number of hydrogen-bond acceptors (Lipinski definition) is 3. The number of alkyl halides is 2. The van der Waals surface area contributed by atoms with Crippen LogP contribution < -0.4 is 14.8 Å². The number of benzene rings is 1. The van der Waals surface area contributed by atoms with Crippen LogP contribution in [0.3, 0.4) is 0 Å². The van der Waals surface area contributed by atoms with E-state index in [4.69, 9.17) is 9.47 Å². The van der Waals surface area contributed by atoms with Gasteiger partial charge in [-0.3, -0.25) is 5.32 Å². The van der Waals surface area contributed by atoms with Gasteiger partial charge in [0.2, 0.25) is 6.79 Å². The second-order valence-electron chi connectivity index (χ2n) is 3.76. The number of ether oxygens (including phenoxy) is 2. The summed E-state index contributed by atoms with van der Waals surface area (Å²) in [5.74, 6) is 1.39. The molecule has 1 heterocycles. The predicted octanol–water partition coefficient (Wildman–Crippen LogP) is 2.16. The lowest BCUT2D eigenvalue weighted by atomic mass is 10.1. The fourth-order valence-corrected chi connectivity index (χ4v) is 1.70. The Morgan fingerprint density at radius 3 is 2.81 bits per heavy atom. The van der Waals surface area contributed by atoms with Crippen molar-refractivity contribution in [1.29, 1.82) is 0 Å². The van der Waals surface area contributed by atoms with Crippen LogP contribution in [0.2, 0.25) is 0 Å². The van der Waals surface area contributed by atoms with Gasteiger partial charge in [-0.15, -0.1) is 0 Å². The van der Waals surface area contributed by atoms with Crippen LogP contribution in [0.15, 0.2) is 18.2 Å². The van der Waals surface area contributed by atoms with Crippen LogP contribution in [-0.2, 0) is 6.42 Å². The summed E-state index contributed by atoms with van der Waals surface area (Å²) in [7, 11) is 0. The van der Waals surface area contributed by atoms with Crippen molar-refractivity contribution in [3.63, 3.8) is 0 Å². The number of rotatable bonds is 4. The van der Waals surface area contributed by atoms with Gasteiger partial charge in [-0.05, 0) is 31.0 Å². The van der Waals surface area contributed by atoms with E-state index in [2.05, 4.69) is 5.32 Å². The standard InChI is InChI=1S/C11H13F2NO2/c1-7(14-11(12)13)4-8-2-3-9-10(5-8)16-6-15-9/h2-3,5,7,11,14H,4,6H2,1H3. The molecule has 0 fully saturated rings. The molecule has 0 saturated heterocycles. The average molecular weight is 229 g/mol. The predicted molar refractivity (Wildman–Crippen MR) is 54.9 cm³/mol. The molecule has 0 spiro atoms. The van der Waals surface area contributed by atoms with E-state index in [-0.39, 0.29) is 12.8 Å². The number of nitrogens with one attached hydrogen (secondary N) is 1.